The van der Waals surface area contributed by atoms with Gasteiger partial charge in [0, 0.05) is 0 Å². The first-order valence-electron chi connectivity index (χ1n) is 4.30. The first-order chi connectivity index (χ1) is 6.70. The van der Waals surface area contributed by atoms with Crippen LogP contribution in [0.5, 0.6) is 0 Å². The van der Waals surface area contributed by atoms with Crippen molar-refractivity contribution in [3.05, 3.63) is 30.3 Å². The van der Waals surface area contributed by atoms with Crippen molar-refractivity contribution in [1.82, 2.24) is 0 Å². The Morgan fingerprint density at radius 1 is 1.36 bits per heavy atom. The Morgan fingerprint density at radius 3 is 2.50 bits per heavy atom. The van der Waals surface area contributed by atoms with Crippen LogP contribution in [-0.2, 0) is 4.79 Å². The third-order valence-corrected chi connectivity index (χ3v) is 3.45. The maximum atomic E-state index is 11.7. The smallest absolute Gasteiger partial charge is 0.245 e. The van der Waals surface area contributed by atoms with Crippen molar-refractivity contribution in [2.75, 3.05) is 4.90 Å². The van der Waals surface area contributed by atoms with Gasteiger partial charge in [0.05, 0.1) is 10.9 Å². The molecule has 1 aromatic carbocycles. The van der Waals surface area contributed by atoms with Crippen LogP contribution in [0.1, 0.15) is 6.92 Å². The molecule has 1 amide bonds. The summed E-state index contributed by atoms with van der Waals surface area (Å²) in [6, 6.07) is 9.51. The van der Waals surface area contributed by atoms with Gasteiger partial charge in [-0.3, -0.25) is 9.69 Å². The Bertz CT molecular complexity index is 377. The van der Waals surface area contributed by atoms with Crippen LogP contribution >= 0.6 is 24.0 Å². The number of carbonyl (C=O) groups is 1. The minimum Gasteiger partial charge on any atom is -0.273 e. The van der Waals surface area contributed by atoms with Crippen molar-refractivity contribution < 1.29 is 4.79 Å². The van der Waals surface area contributed by atoms with E-state index < -0.39 is 0 Å². The Morgan fingerprint density at radius 2 is 2.00 bits per heavy atom. The van der Waals surface area contributed by atoms with Crippen LogP contribution in [0.2, 0.25) is 0 Å². The second-order valence-corrected chi connectivity index (χ2v) is 5.01. The summed E-state index contributed by atoms with van der Waals surface area (Å²) in [5, 5.41) is -0.0530. The molecule has 1 aromatic rings. The van der Waals surface area contributed by atoms with E-state index in [9.17, 15) is 4.79 Å². The Balaban J connectivity index is 2.36. The number of para-hydroxylation sites is 1. The van der Waals surface area contributed by atoms with Gasteiger partial charge in [-0.05, 0) is 19.1 Å². The number of nitrogens with zero attached hydrogens (tertiary/aromatic N) is 1. The Kier molecular flexibility index (Phi) is 2.56. The molecule has 0 radical (unpaired) electrons. The van der Waals surface area contributed by atoms with Crippen LogP contribution in [0.4, 0.5) is 5.69 Å². The minimum absolute atomic E-state index is 0.0530. The first-order valence-corrected chi connectivity index (χ1v) is 5.58. The molecule has 2 nitrogen and oxygen atoms in total. The van der Waals surface area contributed by atoms with Crippen molar-refractivity contribution in [3.8, 4) is 0 Å². The molecule has 4 heteroatoms. The van der Waals surface area contributed by atoms with Gasteiger partial charge in [0.25, 0.3) is 0 Å². The summed E-state index contributed by atoms with van der Waals surface area (Å²) in [5.41, 5.74) is 0.861. The summed E-state index contributed by atoms with van der Waals surface area (Å²) in [6.45, 7) is 1.88. The van der Waals surface area contributed by atoms with Crippen molar-refractivity contribution in [2.24, 2.45) is 0 Å². The second-order valence-electron chi connectivity index (χ2n) is 3.04. The molecule has 2 rings (SSSR count). The monoisotopic (exact) mass is 223 g/mol. The lowest BCUT2D eigenvalue weighted by Crippen LogP contribution is -2.30. The van der Waals surface area contributed by atoms with Crippen LogP contribution in [-0.4, -0.2) is 15.5 Å². The number of carbonyl (C=O) groups excluding carboxylic acids is 1. The van der Waals surface area contributed by atoms with Crippen molar-refractivity contribution >= 4 is 39.9 Å². The van der Waals surface area contributed by atoms with E-state index in [4.69, 9.17) is 12.2 Å². The third-order valence-electron chi connectivity index (χ3n) is 2.04. The largest absolute Gasteiger partial charge is 0.273 e. The SMILES string of the molecule is C[C@H]1SC(=S)N(c2ccccc2)C1=O. The molecule has 14 heavy (non-hydrogen) atoms. The van der Waals surface area contributed by atoms with Gasteiger partial charge in [-0.15, -0.1) is 0 Å². The zero-order valence-electron chi connectivity index (χ0n) is 7.64. The highest BCUT2D eigenvalue weighted by Crippen LogP contribution is 2.31. The van der Waals surface area contributed by atoms with Gasteiger partial charge in [0.1, 0.15) is 4.32 Å². The van der Waals surface area contributed by atoms with Gasteiger partial charge >= 0.3 is 0 Å². The van der Waals surface area contributed by atoms with Crippen molar-refractivity contribution in [2.45, 2.75) is 12.2 Å². The molecule has 1 heterocycles. The number of thiocarbonyl (C=S) groups is 1. The zero-order valence-corrected chi connectivity index (χ0v) is 9.27. The van der Waals surface area contributed by atoms with Crippen LogP contribution in [0, 0.1) is 0 Å². The predicted octanol–water partition coefficient (Wildman–Crippen LogP) is 2.44. The average molecular weight is 223 g/mol. The van der Waals surface area contributed by atoms with Crippen molar-refractivity contribution in [1.29, 1.82) is 0 Å². The number of amides is 1. The average Bonchev–Trinajstić information content (AvgIpc) is 2.43. The summed E-state index contributed by atoms with van der Waals surface area (Å²) < 4.78 is 0.647. The molecule has 0 spiro atoms. The highest BCUT2D eigenvalue weighted by molar-refractivity contribution is 8.25. The van der Waals surface area contributed by atoms with Gasteiger partial charge < -0.3 is 0 Å². The highest BCUT2D eigenvalue weighted by Gasteiger charge is 2.34. The normalized spacial score (nSPS) is 21.8. The van der Waals surface area contributed by atoms with E-state index in [0.29, 0.717) is 4.32 Å². The molecular weight excluding hydrogens is 214 g/mol. The topological polar surface area (TPSA) is 20.3 Å². The molecule has 1 aliphatic heterocycles. The quantitative estimate of drug-likeness (QED) is 0.682. The van der Waals surface area contributed by atoms with Crippen LogP contribution in [0.15, 0.2) is 30.3 Å². The van der Waals surface area contributed by atoms with E-state index in [-0.39, 0.29) is 11.2 Å². The lowest BCUT2D eigenvalue weighted by atomic mass is 10.3. The van der Waals surface area contributed by atoms with Gasteiger partial charge in [-0.1, -0.05) is 42.2 Å². The first kappa shape index (κ1) is 9.68. The molecule has 1 fully saturated rings. The number of hydrogen-bond donors (Lipinski definition) is 0. The molecule has 0 N–H and O–H groups in total. The summed E-state index contributed by atoms with van der Waals surface area (Å²) in [5.74, 6) is 0.0752. The standard InChI is InChI=1S/C10H9NOS2/c1-7-9(12)11(10(13)14-7)8-5-3-2-4-6-8/h2-7H,1H3/t7-/m1/s1. The maximum absolute atomic E-state index is 11.7. The molecule has 0 saturated carbocycles. The van der Waals surface area contributed by atoms with Crippen molar-refractivity contribution in [3.63, 3.8) is 0 Å². The molecule has 72 valence electrons. The highest BCUT2D eigenvalue weighted by atomic mass is 32.2. The van der Waals surface area contributed by atoms with Gasteiger partial charge in [0.15, 0.2) is 0 Å². The lowest BCUT2D eigenvalue weighted by Gasteiger charge is -2.14. The fourth-order valence-corrected chi connectivity index (χ4v) is 2.77. The number of thioether (sulfide) groups is 1. The van der Waals surface area contributed by atoms with Crippen LogP contribution in [0.25, 0.3) is 0 Å². The van der Waals surface area contributed by atoms with Crippen LogP contribution < -0.4 is 4.90 Å². The molecule has 0 unspecified atom stereocenters. The number of benzene rings is 1. The van der Waals surface area contributed by atoms with Crippen LogP contribution in [0.3, 0.4) is 0 Å². The number of hydrogen-bond acceptors (Lipinski definition) is 3. The van der Waals surface area contributed by atoms with E-state index in [1.807, 2.05) is 37.3 Å². The summed E-state index contributed by atoms with van der Waals surface area (Å²) in [4.78, 5) is 13.3. The zero-order chi connectivity index (χ0) is 10.1. The molecule has 0 bridgehead atoms. The van der Waals surface area contributed by atoms with E-state index in [2.05, 4.69) is 0 Å². The fraction of sp³-hybridized carbons (Fsp3) is 0.200. The Hall–Kier alpha value is -0.870. The minimum atomic E-state index is -0.0530. The van der Waals surface area contributed by atoms with E-state index in [1.165, 1.54) is 11.8 Å². The molecule has 1 saturated heterocycles. The molecule has 1 atom stereocenters. The van der Waals surface area contributed by atoms with Gasteiger partial charge in [-0.2, -0.15) is 0 Å². The molecule has 0 aromatic heterocycles. The van der Waals surface area contributed by atoms with Gasteiger partial charge in [0.2, 0.25) is 5.91 Å². The number of anilines is 1. The molecule has 0 aliphatic carbocycles. The maximum Gasteiger partial charge on any atom is 0.245 e. The molecular formula is C10H9NOS2. The van der Waals surface area contributed by atoms with Gasteiger partial charge in [-0.25, -0.2) is 0 Å². The fourth-order valence-electron chi connectivity index (χ4n) is 1.34. The third kappa shape index (κ3) is 1.55. The van der Waals surface area contributed by atoms with E-state index >= 15 is 0 Å². The second kappa shape index (κ2) is 3.71. The number of rotatable bonds is 1. The van der Waals surface area contributed by atoms with E-state index in [0.717, 1.165) is 5.69 Å². The molecule has 1 aliphatic rings. The summed E-state index contributed by atoms with van der Waals surface area (Å²) in [7, 11) is 0. The lowest BCUT2D eigenvalue weighted by molar-refractivity contribution is -0.116. The summed E-state index contributed by atoms with van der Waals surface area (Å²) in [6.07, 6.45) is 0. The Labute approximate surface area is 92.3 Å². The summed E-state index contributed by atoms with van der Waals surface area (Å²) >= 11 is 6.58. The van der Waals surface area contributed by atoms with E-state index in [1.54, 1.807) is 4.90 Å². The predicted molar refractivity (Wildman–Crippen MR) is 63.6 cm³/mol.